The highest BCUT2D eigenvalue weighted by Gasteiger charge is 2.36. The summed E-state index contributed by atoms with van der Waals surface area (Å²) in [5, 5.41) is 46.5. The molecule has 108 heavy (non-hydrogen) atoms. The third-order valence-electron chi connectivity index (χ3n) is 20.0. The van der Waals surface area contributed by atoms with Gasteiger partial charge in [-0.15, -0.1) is 0 Å². The Morgan fingerprint density at radius 2 is 0.481 bits per heavy atom. The molecule has 0 bridgehead atoms. The summed E-state index contributed by atoms with van der Waals surface area (Å²) in [6, 6.07) is 0. The van der Waals surface area contributed by atoms with Crippen molar-refractivity contribution in [3.05, 3.63) is 0 Å². The van der Waals surface area contributed by atoms with Crippen LogP contribution in [0.4, 0.5) is 0 Å². The number of methoxy groups -OCH3 is 8. The molecule has 0 aromatic rings. The van der Waals surface area contributed by atoms with Crippen molar-refractivity contribution in [1.82, 2.24) is 58.8 Å². The number of aliphatic hydroxyl groups is 4. The highest BCUT2D eigenvalue weighted by molar-refractivity contribution is 5.72. The van der Waals surface area contributed by atoms with Crippen molar-refractivity contribution < 1.29 is 116 Å². The molecule has 4 rings (SSSR count). The molecule has 4 fully saturated rings. The monoisotopic (exact) mass is 1550 g/mol. The summed E-state index contributed by atoms with van der Waals surface area (Å²) in [5.41, 5.74) is -1.10. The maximum atomic E-state index is 12.1. The molecule has 0 aromatic heterocycles. The molecule has 4 aliphatic rings. The third kappa shape index (κ3) is 42.6. The van der Waals surface area contributed by atoms with Crippen LogP contribution in [0.1, 0.15) is 57.8 Å². The van der Waals surface area contributed by atoms with E-state index in [1.165, 1.54) is 56.9 Å². The number of aliphatic hydroxyl groups excluding tert-OH is 4. The van der Waals surface area contributed by atoms with Crippen LogP contribution in [0.15, 0.2) is 0 Å². The Balaban J connectivity index is 1.47. The van der Waals surface area contributed by atoms with Gasteiger partial charge >= 0.3 is 47.8 Å². The minimum atomic E-state index is -1.10. The van der Waals surface area contributed by atoms with E-state index in [1.807, 2.05) is 4.90 Å². The van der Waals surface area contributed by atoms with Crippen LogP contribution in [-0.4, -0.2) is 484 Å². The number of carbonyl (C=O) groups is 8. The Morgan fingerprint density at radius 1 is 0.278 bits per heavy atom. The normalized spacial score (nSPS) is 18.2. The van der Waals surface area contributed by atoms with Crippen LogP contribution >= 0.6 is 0 Å². The predicted molar refractivity (Wildman–Crippen MR) is 395 cm³/mol. The van der Waals surface area contributed by atoms with Crippen LogP contribution in [0.25, 0.3) is 0 Å². The van der Waals surface area contributed by atoms with E-state index in [1.54, 1.807) is 0 Å². The van der Waals surface area contributed by atoms with E-state index in [0.717, 1.165) is 26.2 Å². The number of rotatable bonds is 59. The highest BCUT2D eigenvalue weighted by atomic mass is 16.6. The molecule has 4 aliphatic heterocycles. The molecule has 0 aromatic carbocycles. The molecule has 0 amide bonds. The molecule has 36 heteroatoms. The quantitative estimate of drug-likeness (QED) is 0.0333. The number of hydrogen-bond donors (Lipinski definition) is 4. The second-order valence-corrected chi connectivity index (χ2v) is 28.5. The van der Waals surface area contributed by atoms with Crippen molar-refractivity contribution in [2.75, 3.05) is 333 Å². The molecule has 4 heterocycles. The smallest absolute Gasteiger partial charge is 0.306 e. The van der Waals surface area contributed by atoms with Crippen LogP contribution in [0, 0.1) is 5.41 Å². The summed E-state index contributed by atoms with van der Waals surface area (Å²) in [4.78, 5) is 122. The molecule has 4 saturated heterocycles. The second kappa shape index (κ2) is 56.2. The average molecular weight is 1550 g/mol. The van der Waals surface area contributed by atoms with E-state index >= 15 is 0 Å². The lowest BCUT2D eigenvalue weighted by Gasteiger charge is -2.38. The number of hydrogen-bond acceptors (Lipinski definition) is 36. The van der Waals surface area contributed by atoms with E-state index in [4.69, 9.17) is 56.8 Å². The Hall–Kier alpha value is -5.04. The first-order valence-electron chi connectivity index (χ1n) is 38.3. The number of piperazine rings is 4. The molecule has 4 N–H and O–H groups in total. The van der Waals surface area contributed by atoms with Gasteiger partial charge in [-0.3, -0.25) is 87.4 Å². The maximum absolute atomic E-state index is 12.1. The first-order chi connectivity index (χ1) is 52.0. The van der Waals surface area contributed by atoms with Gasteiger partial charge in [0, 0.05) is 209 Å². The zero-order chi connectivity index (χ0) is 78.9. The summed E-state index contributed by atoms with van der Waals surface area (Å²) in [5.74, 6) is -2.61. The van der Waals surface area contributed by atoms with Crippen molar-refractivity contribution in [1.29, 1.82) is 0 Å². The van der Waals surface area contributed by atoms with Gasteiger partial charge < -0.3 is 87.1 Å². The average Bonchev–Trinajstić information content (AvgIpc) is 0.868. The summed E-state index contributed by atoms with van der Waals surface area (Å²) < 4.78 is 64.8. The molecular formula is C72H134N12O24. The molecule has 0 saturated carbocycles. The number of nitrogens with zero attached hydrogens (tertiary/aromatic N) is 12. The van der Waals surface area contributed by atoms with Crippen LogP contribution in [0.3, 0.4) is 0 Å². The van der Waals surface area contributed by atoms with Gasteiger partial charge in [0.05, 0.1) is 198 Å². The standard InChI is InChI=1S/C72H134N12O24/c1-97-64(89)10-9-18-81(23-15-69(94)102-6)58-83-42-38-79(39-43-83)48-62(87)52-107-56-72(57-108-53-63(88)49-80-40-44-84(45-41-80)59-82(24-16-70(95)103-7)25-17-71(96)104-8,54-105-50-60(85)46-77-34-30-75(31-35-77)28-26-73(19-11-65(90)98-2)20-12-66(91)99-3)55-106-51-61(86)47-78-36-32-76(33-37-78)29-27-74(21-13-67(92)100-4)22-14-68(93)101-5/h60-63,85-88H,9-59H2,1-8H3. The molecular weight excluding hydrogens is 1420 g/mol. The van der Waals surface area contributed by atoms with Gasteiger partial charge in [-0.25, -0.2) is 0 Å². The van der Waals surface area contributed by atoms with Gasteiger partial charge in [0.15, 0.2) is 0 Å². The Labute approximate surface area is 640 Å². The van der Waals surface area contributed by atoms with Gasteiger partial charge in [-0.2, -0.15) is 0 Å². The van der Waals surface area contributed by atoms with E-state index < -0.39 is 29.8 Å². The molecule has 0 radical (unpaired) electrons. The van der Waals surface area contributed by atoms with Crippen molar-refractivity contribution in [2.45, 2.75) is 82.2 Å². The van der Waals surface area contributed by atoms with E-state index in [2.05, 4.69) is 53.9 Å². The summed E-state index contributed by atoms with van der Waals surface area (Å²) in [7, 11) is 10.8. The predicted octanol–water partition coefficient (Wildman–Crippen LogP) is -4.03. The fourth-order valence-corrected chi connectivity index (χ4v) is 13.2. The van der Waals surface area contributed by atoms with Crippen molar-refractivity contribution >= 4 is 47.8 Å². The third-order valence-corrected chi connectivity index (χ3v) is 20.0. The Morgan fingerprint density at radius 3 is 0.722 bits per heavy atom. The topological polar surface area (TPSA) is 367 Å². The lowest BCUT2D eigenvalue weighted by molar-refractivity contribution is -0.143. The first kappa shape index (κ1) is 95.3. The molecule has 4 atom stereocenters. The van der Waals surface area contributed by atoms with Crippen LogP contribution in [0.5, 0.6) is 0 Å². The van der Waals surface area contributed by atoms with E-state index in [-0.39, 0.29) is 152 Å². The molecule has 626 valence electrons. The lowest BCUT2D eigenvalue weighted by atomic mass is 9.92. The number of esters is 8. The van der Waals surface area contributed by atoms with Crippen LogP contribution in [-0.2, 0) is 95.2 Å². The van der Waals surface area contributed by atoms with Gasteiger partial charge in [-0.1, -0.05) is 0 Å². The van der Waals surface area contributed by atoms with Gasteiger partial charge in [-0.05, 0) is 13.0 Å². The largest absolute Gasteiger partial charge is 0.469 e. The SMILES string of the molecule is COC(=O)CCCN(CCC(=O)OC)CN1CCN(CC(O)COCC(COCC(O)CN2CCN(CCN(CCC(=O)OC)CCC(=O)OC)CC2)(COCC(O)CN2CCN(CCN(CCC(=O)OC)CCC(=O)OC)CC2)COCC(O)CN2CCN(CN(CCC(=O)OC)CCC(=O)OC)CC2)CC1. The molecule has 0 aliphatic carbocycles. The minimum Gasteiger partial charge on any atom is -0.469 e. The van der Waals surface area contributed by atoms with Crippen molar-refractivity contribution in [2.24, 2.45) is 5.41 Å². The molecule has 36 nitrogen and oxygen atoms in total. The van der Waals surface area contributed by atoms with Gasteiger partial charge in [0.1, 0.15) is 0 Å². The summed E-state index contributed by atoms with van der Waals surface area (Å²) >= 11 is 0. The van der Waals surface area contributed by atoms with Gasteiger partial charge in [0.25, 0.3) is 0 Å². The number of ether oxygens (including phenoxy) is 12. The van der Waals surface area contributed by atoms with E-state index in [0.29, 0.717) is 203 Å². The van der Waals surface area contributed by atoms with Crippen LogP contribution in [0.2, 0.25) is 0 Å². The minimum absolute atomic E-state index is 0.0348. The number of carbonyl (C=O) groups excluding carboxylic acids is 8. The Bertz CT molecular complexity index is 2360. The lowest BCUT2D eigenvalue weighted by Crippen LogP contribution is -2.52. The van der Waals surface area contributed by atoms with Crippen molar-refractivity contribution in [3.8, 4) is 0 Å². The molecule has 0 spiro atoms. The summed E-state index contributed by atoms with van der Waals surface area (Å²) in [6.07, 6.45) is -1.43. The fourth-order valence-electron chi connectivity index (χ4n) is 13.2. The van der Waals surface area contributed by atoms with Crippen molar-refractivity contribution in [3.63, 3.8) is 0 Å². The molecule has 4 unspecified atom stereocenters. The number of β-amino-alcohol motifs (C(OH)–C–C–N with tert-alkyl or cyclic N) is 4. The van der Waals surface area contributed by atoms with E-state index in [9.17, 15) is 58.8 Å². The highest BCUT2D eigenvalue weighted by Crippen LogP contribution is 2.23. The zero-order valence-electron chi connectivity index (χ0n) is 66.2. The first-order valence-corrected chi connectivity index (χ1v) is 38.3. The van der Waals surface area contributed by atoms with Gasteiger partial charge in [0.2, 0.25) is 0 Å². The summed E-state index contributed by atoms with van der Waals surface area (Å²) in [6.45, 7) is 19.3. The zero-order valence-corrected chi connectivity index (χ0v) is 66.2. The maximum Gasteiger partial charge on any atom is 0.306 e. The second-order valence-electron chi connectivity index (χ2n) is 28.5. The Kier molecular flexibility index (Phi) is 49.6. The fraction of sp³-hybridized carbons (Fsp3) is 0.889. The van der Waals surface area contributed by atoms with Crippen LogP contribution < -0.4 is 0 Å².